The van der Waals surface area contributed by atoms with Crippen LogP contribution in [0.15, 0.2) is 47.4 Å². The maximum Gasteiger partial charge on any atom is 0.263 e. The molecule has 0 unspecified atom stereocenters. The molecule has 2 aromatic rings. The molecule has 116 valence electrons. The molecule has 0 fully saturated rings. The predicted octanol–water partition coefficient (Wildman–Crippen LogP) is 1.32. The Morgan fingerprint density at radius 3 is 2.82 bits per heavy atom. The number of benzene rings is 1. The van der Waals surface area contributed by atoms with Crippen molar-refractivity contribution < 1.29 is 9.90 Å². The van der Waals surface area contributed by atoms with Gasteiger partial charge in [0, 0.05) is 19.3 Å². The van der Waals surface area contributed by atoms with Gasteiger partial charge in [0.2, 0.25) is 0 Å². The van der Waals surface area contributed by atoms with Crippen LogP contribution in [0, 0.1) is 6.92 Å². The average molecular weight is 300 g/mol. The van der Waals surface area contributed by atoms with Gasteiger partial charge in [-0.3, -0.25) is 9.59 Å². The van der Waals surface area contributed by atoms with Crippen LogP contribution >= 0.6 is 0 Å². The minimum Gasteiger partial charge on any atom is -0.396 e. The van der Waals surface area contributed by atoms with Crippen LogP contribution in [0.1, 0.15) is 27.9 Å². The van der Waals surface area contributed by atoms with E-state index in [0.717, 1.165) is 11.1 Å². The maximum absolute atomic E-state index is 12.4. The van der Waals surface area contributed by atoms with Gasteiger partial charge in [0.15, 0.2) is 0 Å². The van der Waals surface area contributed by atoms with Crippen LogP contribution in [0.3, 0.4) is 0 Å². The normalized spacial score (nSPS) is 10.5. The first-order valence-corrected chi connectivity index (χ1v) is 7.26. The summed E-state index contributed by atoms with van der Waals surface area (Å²) >= 11 is 0. The van der Waals surface area contributed by atoms with E-state index in [-0.39, 0.29) is 17.7 Å². The zero-order valence-corrected chi connectivity index (χ0v) is 12.6. The van der Waals surface area contributed by atoms with Crippen molar-refractivity contribution >= 4 is 5.91 Å². The molecule has 0 atom stereocenters. The van der Waals surface area contributed by atoms with Crippen molar-refractivity contribution in [1.82, 2.24) is 9.88 Å². The van der Waals surface area contributed by atoms with Crippen LogP contribution in [0.5, 0.6) is 0 Å². The third-order valence-electron chi connectivity index (χ3n) is 3.32. The van der Waals surface area contributed by atoms with Crippen molar-refractivity contribution in [3.8, 4) is 0 Å². The van der Waals surface area contributed by atoms with E-state index in [1.807, 2.05) is 31.2 Å². The molecule has 0 spiro atoms. The fourth-order valence-corrected chi connectivity index (χ4v) is 2.22. The number of pyridine rings is 1. The Kier molecular flexibility index (Phi) is 5.49. The highest BCUT2D eigenvalue weighted by molar-refractivity contribution is 5.93. The predicted molar refractivity (Wildman–Crippen MR) is 85.0 cm³/mol. The third-order valence-corrected chi connectivity index (χ3v) is 3.32. The number of carbonyl (C=O) groups excluding carboxylic acids is 1. The van der Waals surface area contributed by atoms with Gasteiger partial charge in [-0.15, -0.1) is 0 Å². The lowest BCUT2D eigenvalue weighted by Crippen LogP contribution is -2.33. The highest BCUT2D eigenvalue weighted by Gasteiger charge is 2.11. The second-order valence-corrected chi connectivity index (χ2v) is 5.18. The van der Waals surface area contributed by atoms with E-state index in [0.29, 0.717) is 19.5 Å². The summed E-state index contributed by atoms with van der Waals surface area (Å²) in [5.41, 5.74) is 1.95. The first-order valence-electron chi connectivity index (χ1n) is 7.26. The smallest absolute Gasteiger partial charge is 0.263 e. The van der Waals surface area contributed by atoms with Gasteiger partial charge in [-0.25, -0.2) is 0 Å². The summed E-state index contributed by atoms with van der Waals surface area (Å²) in [5, 5.41) is 11.3. The fourth-order valence-electron chi connectivity index (χ4n) is 2.22. The second kappa shape index (κ2) is 7.56. The summed E-state index contributed by atoms with van der Waals surface area (Å²) < 4.78 is 1.52. The van der Waals surface area contributed by atoms with Gasteiger partial charge in [-0.2, -0.15) is 0 Å². The Morgan fingerprint density at radius 1 is 1.27 bits per heavy atom. The van der Waals surface area contributed by atoms with E-state index < -0.39 is 5.91 Å². The van der Waals surface area contributed by atoms with Crippen molar-refractivity contribution in [2.75, 3.05) is 13.2 Å². The molecular weight excluding hydrogens is 280 g/mol. The number of hydrogen-bond acceptors (Lipinski definition) is 3. The number of aryl methyl sites for hydroxylation is 1. The Labute approximate surface area is 129 Å². The molecule has 0 aliphatic rings. The first kappa shape index (κ1) is 16.0. The fraction of sp³-hybridized carbons (Fsp3) is 0.294. The highest BCUT2D eigenvalue weighted by atomic mass is 16.3. The molecule has 1 aromatic carbocycles. The minimum atomic E-state index is -0.406. The number of nitrogens with one attached hydrogen (secondary N) is 1. The van der Waals surface area contributed by atoms with E-state index in [9.17, 15) is 9.59 Å². The van der Waals surface area contributed by atoms with Crippen LogP contribution in [-0.2, 0) is 6.54 Å². The molecule has 0 aliphatic heterocycles. The molecule has 0 radical (unpaired) electrons. The molecule has 0 saturated heterocycles. The number of aliphatic hydroxyl groups is 1. The SMILES string of the molecule is Cc1cccc(Cn2cccc(C(=O)NCCCO)c2=O)c1. The van der Waals surface area contributed by atoms with Gasteiger partial charge in [0.1, 0.15) is 5.56 Å². The molecule has 2 N–H and O–H groups in total. The summed E-state index contributed by atoms with van der Waals surface area (Å²) in [6, 6.07) is 11.1. The zero-order valence-electron chi connectivity index (χ0n) is 12.6. The zero-order chi connectivity index (χ0) is 15.9. The second-order valence-electron chi connectivity index (χ2n) is 5.18. The molecule has 1 aromatic heterocycles. The summed E-state index contributed by atoms with van der Waals surface area (Å²) in [6.45, 7) is 2.78. The molecular formula is C17H20N2O3. The number of aliphatic hydroxyl groups excluding tert-OH is 1. The van der Waals surface area contributed by atoms with Crippen LogP contribution in [-0.4, -0.2) is 28.7 Å². The van der Waals surface area contributed by atoms with Crippen molar-refractivity contribution in [2.45, 2.75) is 19.9 Å². The van der Waals surface area contributed by atoms with Gasteiger partial charge in [-0.1, -0.05) is 29.8 Å². The highest BCUT2D eigenvalue weighted by Crippen LogP contribution is 2.05. The van der Waals surface area contributed by atoms with E-state index >= 15 is 0 Å². The summed E-state index contributed by atoms with van der Waals surface area (Å²) in [5.74, 6) is -0.406. The third kappa shape index (κ3) is 4.05. The van der Waals surface area contributed by atoms with E-state index in [4.69, 9.17) is 5.11 Å². The molecule has 1 heterocycles. The molecule has 0 aliphatic carbocycles. The summed E-state index contributed by atoms with van der Waals surface area (Å²) in [4.78, 5) is 24.4. The van der Waals surface area contributed by atoms with E-state index in [1.165, 1.54) is 10.6 Å². The van der Waals surface area contributed by atoms with Crippen molar-refractivity contribution in [2.24, 2.45) is 0 Å². The molecule has 22 heavy (non-hydrogen) atoms. The first-order chi connectivity index (χ1) is 10.6. The van der Waals surface area contributed by atoms with Crippen LogP contribution in [0.4, 0.5) is 0 Å². The lowest BCUT2D eigenvalue weighted by Gasteiger charge is -2.09. The standard InChI is InChI=1S/C17H20N2O3/c1-13-5-2-6-14(11-13)12-19-9-3-7-15(17(19)22)16(21)18-8-4-10-20/h2-3,5-7,9,11,20H,4,8,10,12H2,1H3,(H,18,21). The van der Waals surface area contributed by atoms with E-state index in [2.05, 4.69) is 5.32 Å². The van der Waals surface area contributed by atoms with Crippen LogP contribution < -0.4 is 10.9 Å². The number of nitrogens with zero attached hydrogens (tertiary/aromatic N) is 1. The lowest BCUT2D eigenvalue weighted by atomic mass is 10.1. The summed E-state index contributed by atoms with van der Waals surface area (Å²) in [7, 11) is 0. The Bertz CT molecular complexity index is 707. The Morgan fingerprint density at radius 2 is 2.09 bits per heavy atom. The molecule has 5 heteroatoms. The van der Waals surface area contributed by atoms with Gasteiger partial charge in [-0.05, 0) is 31.0 Å². The van der Waals surface area contributed by atoms with Gasteiger partial charge >= 0.3 is 0 Å². The minimum absolute atomic E-state index is 0.00661. The number of amides is 1. The number of rotatable bonds is 6. The number of hydrogen-bond donors (Lipinski definition) is 2. The maximum atomic E-state index is 12.4. The van der Waals surface area contributed by atoms with Gasteiger partial charge < -0.3 is 15.0 Å². The summed E-state index contributed by atoms with van der Waals surface area (Å²) in [6.07, 6.45) is 2.14. The lowest BCUT2D eigenvalue weighted by molar-refractivity contribution is 0.0949. The van der Waals surface area contributed by atoms with Gasteiger partial charge in [0.25, 0.3) is 11.5 Å². The van der Waals surface area contributed by atoms with Crippen LogP contribution in [0.2, 0.25) is 0 Å². The Balaban J connectivity index is 2.19. The number of aromatic nitrogens is 1. The van der Waals surface area contributed by atoms with Gasteiger partial charge in [0.05, 0.1) is 6.54 Å². The largest absolute Gasteiger partial charge is 0.396 e. The Hall–Kier alpha value is -2.40. The number of carbonyl (C=O) groups is 1. The average Bonchev–Trinajstić information content (AvgIpc) is 2.49. The molecule has 5 nitrogen and oxygen atoms in total. The topological polar surface area (TPSA) is 71.3 Å². The van der Waals surface area contributed by atoms with Crippen LogP contribution in [0.25, 0.3) is 0 Å². The molecule has 0 saturated carbocycles. The van der Waals surface area contributed by atoms with Crippen molar-refractivity contribution in [3.05, 3.63) is 69.6 Å². The molecule has 1 amide bonds. The monoisotopic (exact) mass is 300 g/mol. The molecule has 0 bridgehead atoms. The van der Waals surface area contributed by atoms with E-state index in [1.54, 1.807) is 12.3 Å². The van der Waals surface area contributed by atoms with Crippen molar-refractivity contribution in [3.63, 3.8) is 0 Å². The molecule has 2 rings (SSSR count). The quantitative estimate of drug-likeness (QED) is 0.790. The van der Waals surface area contributed by atoms with Crippen molar-refractivity contribution in [1.29, 1.82) is 0 Å².